The fraction of sp³-hybridized carbons (Fsp3) is 0.562. The highest BCUT2D eigenvalue weighted by Crippen LogP contribution is 2.30. The third kappa shape index (κ3) is 3.49. The fourth-order valence-electron chi connectivity index (χ4n) is 2.35. The van der Waals surface area contributed by atoms with Crippen LogP contribution in [-0.4, -0.2) is 24.2 Å². The van der Waals surface area contributed by atoms with Gasteiger partial charge in [-0.3, -0.25) is 4.79 Å². The van der Waals surface area contributed by atoms with Crippen LogP contribution in [0.5, 0.6) is 0 Å². The van der Waals surface area contributed by atoms with Crippen LogP contribution in [0.25, 0.3) is 0 Å². The first-order chi connectivity index (χ1) is 8.99. The van der Waals surface area contributed by atoms with Crippen molar-refractivity contribution in [3.63, 3.8) is 0 Å². The highest BCUT2D eigenvalue weighted by Gasteiger charge is 2.36. The number of benzene rings is 1. The first-order valence-electron chi connectivity index (χ1n) is 7.04. The highest BCUT2D eigenvalue weighted by molar-refractivity contribution is 5.75. The van der Waals surface area contributed by atoms with Crippen LogP contribution in [0.2, 0.25) is 0 Å². The van der Waals surface area contributed by atoms with Gasteiger partial charge in [0.05, 0.1) is 5.41 Å². The summed E-state index contributed by atoms with van der Waals surface area (Å²) in [5.41, 5.74) is 1.66. The van der Waals surface area contributed by atoms with Crippen molar-refractivity contribution < 1.29 is 9.90 Å². The van der Waals surface area contributed by atoms with Crippen LogP contribution in [-0.2, 0) is 4.79 Å². The summed E-state index contributed by atoms with van der Waals surface area (Å²) in [7, 11) is 0. The number of rotatable bonds is 7. The topological polar surface area (TPSA) is 40.5 Å². The second-order valence-corrected chi connectivity index (χ2v) is 5.14. The third-order valence-corrected chi connectivity index (χ3v) is 4.08. The van der Waals surface area contributed by atoms with E-state index in [9.17, 15) is 9.90 Å². The summed E-state index contributed by atoms with van der Waals surface area (Å²) >= 11 is 0. The first kappa shape index (κ1) is 15.5. The smallest absolute Gasteiger partial charge is 0.311 e. The van der Waals surface area contributed by atoms with Gasteiger partial charge in [-0.2, -0.15) is 0 Å². The minimum absolute atomic E-state index is 0.564. The Hall–Kier alpha value is -1.51. The standard InChI is InChI=1S/C16H25NO2/c1-5-16(6-2,15(18)19)12-17(7-3)14-10-8-13(4)9-11-14/h8-11H,5-7,12H2,1-4H3,(H,18,19). The lowest BCUT2D eigenvalue weighted by molar-refractivity contribution is -0.148. The maximum Gasteiger partial charge on any atom is 0.311 e. The Balaban J connectivity index is 2.97. The molecule has 0 unspecified atom stereocenters. The van der Waals surface area contributed by atoms with Gasteiger partial charge in [0.25, 0.3) is 0 Å². The van der Waals surface area contributed by atoms with Crippen LogP contribution in [0, 0.1) is 12.3 Å². The molecule has 3 nitrogen and oxygen atoms in total. The van der Waals surface area contributed by atoms with E-state index in [1.165, 1.54) is 5.56 Å². The summed E-state index contributed by atoms with van der Waals surface area (Å²) < 4.78 is 0. The molecule has 106 valence electrons. The first-order valence-corrected chi connectivity index (χ1v) is 7.04. The van der Waals surface area contributed by atoms with E-state index in [0.29, 0.717) is 19.4 Å². The highest BCUT2D eigenvalue weighted by atomic mass is 16.4. The van der Waals surface area contributed by atoms with Crippen molar-refractivity contribution in [1.82, 2.24) is 0 Å². The molecule has 0 radical (unpaired) electrons. The number of hydrogen-bond donors (Lipinski definition) is 1. The molecule has 0 aromatic heterocycles. The van der Waals surface area contributed by atoms with Crippen LogP contribution in [0.1, 0.15) is 39.2 Å². The summed E-state index contributed by atoms with van der Waals surface area (Å²) in [4.78, 5) is 13.7. The van der Waals surface area contributed by atoms with Gasteiger partial charge in [0.2, 0.25) is 0 Å². The Morgan fingerprint density at radius 1 is 1.16 bits per heavy atom. The van der Waals surface area contributed by atoms with Crippen molar-refractivity contribution in [2.24, 2.45) is 5.41 Å². The molecular weight excluding hydrogens is 238 g/mol. The second-order valence-electron chi connectivity index (χ2n) is 5.14. The van der Waals surface area contributed by atoms with Crippen LogP contribution in [0.3, 0.4) is 0 Å². The van der Waals surface area contributed by atoms with Gasteiger partial charge in [-0.25, -0.2) is 0 Å². The minimum Gasteiger partial charge on any atom is -0.481 e. The molecule has 0 saturated heterocycles. The Labute approximate surface area is 116 Å². The molecule has 0 bridgehead atoms. The van der Waals surface area contributed by atoms with Gasteiger partial charge in [0.1, 0.15) is 0 Å². The van der Waals surface area contributed by atoms with Crippen LogP contribution >= 0.6 is 0 Å². The van der Waals surface area contributed by atoms with Gasteiger partial charge in [-0.15, -0.1) is 0 Å². The molecule has 0 spiro atoms. The van der Waals surface area contributed by atoms with Crippen molar-refractivity contribution >= 4 is 11.7 Å². The third-order valence-electron chi connectivity index (χ3n) is 4.08. The molecule has 0 fully saturated rings. The van der Waals surface area contributed by atoms with E-state index in [4.69, 9.17) is 0 Å². The second kappa shape index (κ2) is 6.60. The Bertz CT molecular complexity index is 407. The predicted molar refractivity (Wildman–Crippen MR) is 79.7 cm³/mol. The number of carboxylic acids is 1. The normalized spacial score (nSPS) is 11.4. The summed E-state index contributed by atoms with van der Waals surface area (Å²) in [5, 5.41) is 9.53. The van der Waals surface area contributed by atoms with Crippen molar-refractivity contribution in [2.45, 2.75) is 40.5 Å². The Morgan fingerprint density at radius 2 is 1.68 bits per heavy atom. The molecule has 1 rings (SSSR count). The molecular formula is C16H25NO2. The molecule has 0 atom stereocenters. The predicted octanol–water partition coefficient (Wildman–Crippen LogP) is 3.71. The lowest BCUT2D eigenvalue weighted by Crippen LogP contribution is -2.42. The van der Waals surface area contributed by atoms with Gasteiger partial charge in [0.15, 0.2) is 0 Å². The maximum absolute atomic E-state index is 11.6. The summed E-state index contributed by atoms with van der Waals surface area (Å²) in [6, 6.07) is 8.27. The van der Waals surface area contributed by atoms with E-state index in [1.54, 1.807) is 0 Å². The number of aryl methyl sites for hydroxylation is 1. The van der Waals surface area contributed by atoms with Crippen molar-refractivity contribution in [3.05, 3.63) is 29.8 Å². The average molecular weight is 263 g/mol. The van der Waals surface area contributed by atoms with E-state index in [2.05, 4.69) is 43.0 Å². The van der Waals surface area contributed by atoms with E-state index < -0.39 is 11.4 Å². The fourth-order valence-corrected chi connectivity index (χ4v) is 2.35. The molecule has 0 saturated carbocycles. The molecule has 0 aliphatic heterocycles. The molecule has 0 amide bonds. The number of carbonyl (C=O) groups is 1. The van der Waals surface area contributed by atoms with Gasteiger partial charge in [-0.05, 0) is 38.8 Å². The quantitative estimate of drug-likeness (QED) is 0.815. The van der Waals surface area contributed by atoms with Gasteiger partial charge in [-0.1, -0.05) is 31.5 Å². The van der Waals surface area contributed by atoms with Crippen molar-refractivity contribution in [3.8, 4) is 0 Å². The van der Waals surface area contributed by atoms with E-state index >= 15 is 0 Å². The van der Waals surface area contributed by atoms with E-state index in [-0.39, 0.29) is 0 Å². The summed E-state index contributed by atoms with van der Waals surface area (Å²) in [6.07, 6.45) is 1.31. The number of aliphatic carboxylic acids is 1. The Morgan fingerprint density at radius 3 is 2.05 bits per heavy atom. The van der Waals surface area contributed by atoms with Crippen molar-refractivity contribution in [2.75, 3.05) is 18.0 Å². The number of anilines is 1. The largest absolute Gasteiger partial charge is 0.481 e. The Kier molecular flexibility index (Phi) is 5.40. The zero-order valence-electron chi connectivity index (χ0n) is 12.4. The summed E-state index contributed by atoms with van der Waals surface area (Å²) in [5.74, 6) is -0.692. The van der Waals surface area contributed by atoms with E-state index in [0.717, 1.165) is 12.2 Å². The van der Waals surface area contributed by atoms with Crippen LogP contribution in [0.15, 0.2) is 24.3 Å². The molecule has 0 aliphatic rings. The van der Waals surface area contributed by atoms with Crippen LogP contribution < -0.4 is 4.90 Å². The van der Waals surface area contributed by atoms with E-state index in [1.807, 2.05) is 13.8 Å². The zero-order chi connectivity index (χ0) is 14.5. The lowest BCUT2D eigenvalue weighted by Gasteiger charge is -2.34. The molecule has 1 aromatic rings. The number of nitrogens with zero attached hydrogens (tertiary/aromatic N) is 1. The number of carboxylic acid groups (broad SMARTS) is 1. The van der Waals surface area contributed by atoms with Crippen LogP contribution in [0.4, 0.5) is 5.69 Å². The molecule has 3 heteroatoms. The average Bonchev–Trinajstić information content (AvgIpc) is 2.42. The van der Waals surface area contributed by atoms with Gasteiger partial charge < -0.3 is 10.0 Å². The van der Waals surface area contributed by atoms with Crippen molar-refractivity contribution in [1.29, 1.82) is 0 Å². The molecule has 19 heavy (non-hydrogen) atoms. The zero-order valence-corrected chi connectivity index (χ0v) is 12.4. The number of hydrogen-bond acceptors (Lipinski definition) is 2. The molecule has 0 aliphatic carbocycles. The monoisotopic (exact) mass is 263 g/mol. The molecule has 0 heterocycles. The SMILES string of the molecule is CCN(CC(CC)(CC)C(=O)O)c1ccc(C)cc1. The minimum atomic E-state index is -0.692. The lowest BCUT2D eigenvalue weighted by atomic mass is 9.81. The van der Waals surface area contributed by atoms with Gasteiger partial charge in [0, 0.05) is 18.8 Å². The van der Waals surface area contributed by atoms with Gasteiger partial charge >= 0.3 is 5.97 Å². The molecule has 1 aromatic carbocycles. The molecule has 1 N–H and O–H groups in total. The maximum atomic E-state index is 11.6. The summed E-state index contributed by atoms with van der Waals surface area (Å²) in [6.45, 7) is 9.42.